The third kappa shape index (κ3) is 4.51. The molecule has 2 amide bonds. The summed E-state index contributed by atoms with van der Waals surface area (Å²) >= 11 is 0. The van der Waals surface area contributed by atoms with Crippen LogP contribution in [0.25, 0.3) is 0 Å². The van der Waals surface area contributed by atoms with E-state index in [2.05, 4.69) is 20.5 Å². The Morgan fingerprint density at radius 3 is 2.68 bits per heavy atom. The normalized spacial score (nSPS) is 15.3. The van der Waals surface area contributed by atoms with Crippen molar-refractivity contribution in [1.82, 2.24) is 30.0 Å². The van der Waals surface area contributed by atoms with Crippen molar-refractivity contribution in [2.45, 2.75) is 45.3 Å². The molecule has 1 unspecified atom stereocenters. The summed E-state index contributed by atoms with van der Waals surface area (Å²) in [4.78, 5) is 44.3. The summed E-state index contributed by atoms with van der Waals surface area (Å²) in [6.45, 7) is 1.88. The Morgan fingerprint density at radius 2 is 2.00 bits per heavy atom. The number of rotatable bonds is 5. The van der Waals surface area contributed by atoms with Crippen LogP contribution in [0.1, 0.15) is 63.8 Å². The minimum absolute atomic E-state index is 0.0387. The Morgan fingerprint density at radius 1 is 1.26 bits per heavy atom. The molecule has 2 N–H and O–H groups in total. The zero-order valence-electron chi connectivity index (χ0n) is 18.6. The van der Waals surface area contributed by atoms with Crippen molar-refractivity contribution in [2.75, 3.05) is 7.05 Å². The maximum absolute atomic E-state index is 13.1. The van der Waals surface area contributed by atoms with Crippen molar-refractivity contribution in [3.8, 4) is 5.75 Å². The average molecular weight is 470 g/mol. The second kappa shape index (κ2) is 9.41. The maximum atomic E-state index is 13.1. The lowest BCUT2D eigenvalue weighted by Gasteiger charge is -2.27. The molecule has 0 radical (unpaired) electrons. The molecule has 178 valence electrons. The molecule has 0 saturated carbocycles. The predicted octanol–water partition coefficient (Wildman–Crippen LogP) is 1.71. The first-order chi connectivity index (χ1) is 16.3. The molecular weight excluding hydrogens is 447 g/mol. The van der Waals surface area contributed by atoms with Crippen molar-refractivity contribution in [2.24, 2.45) is 0 Å². The number of aromatic nitrogens is 4. The standard InChI is InChI=1S/C22H23FN6O5/c1-12-26-27-20(34-12)22(33)28(2)15-5-3-4-10-29-18(15)25-16(17(30)21(29)32)19(31)24-11-13-6-8-14(23)9-7-13/h6-9,15,30H,3-5,10-11H2,1-2H3,(H,24,31). The summed E-state index contributed by atoms with van der Waals surface area (Å²) in [5.41, 5.74) is -0.586. The molecular formula is C22H23FN6O5. The largest absolute Gasteiger partial charge is 0.501 e. The van der Waals surface area contributed by atoms with Crippen molar-refractivity contribution in [3.05, 3.63) is 69.3 Å². The lowest BCUT2D eigenvalue weighted by atomic mass is 10.1. The Labute approximate surface area is 193 Å². The van der Waals surface area contributed by atoms with Gasteiger partial charge in [-0.25, -0.2) is 9.37 Å². The van der Waals surface area contributed by atoms with Crippen LogP contribution in [-0.2, 0) is 13.1 Å². The number of carbonyl (C=O) groups is 2. The van der Waals surface area contributed by atoms with Crippen molar-refractivity contribution in [1.29, 1.82) is 0 Å². The zero-order valence-corrected chi connectivity index (χ0v) is 18.6. The topological polar surface area (TPSA) is 143 Å². The zero-order chi connectivity index (χ0) is 24.4. The van der Waals surface area contributed by atoms with E-state index in [4.69, 9.17) is 4.42 Å². The van der Waals surface area contributed by atoms with Gasteiger partial charge in [-0.05, 0) is 37.0 Å². The highest BCUT2D eigenvalue weighted by Crippen LogP contribution is 2.29. The second-order valence-electron chi connectivity index (χ2n) is 7.99. The number of hydrogen-bond acceptors (Lipinski definition) is 8. The number of aromatic hydroxyl groups is 1. The van der Waals surface area contributed by atoms with Crippen LogP contribution in [0.5, 0.6) is 5.75 Å². The first kappa shape index (κ1) is 23.1. The van der Waals surface area contributed by atoms with Crippen LogP contribution in [0.3, 0.4) is 0 Å². The number of nitrogens with one attached hydrogen (secondary N) is 1. The van der Waals surface area contributed by atoms with Gasteiger partial charge in [0.25, 0.3) is 11.5 Å². The van der Waals surface area contributed by atoms with Gasteiger partial charge < -0.3 is 19.7 Å². The summed E-state index contributed by atoms with van der Waals surface area (Å²) in [5, 5.41) is 20.4. The molecule has 0 aliphatic carbocycles. The Hall–Kier alpha value is -4.09. The molecule has 0 saturated heterocycles. The summed E-state index contributed by atoms with van der Waals surface area (Å²) in [6, 6.07) is 4.86. The van der Waals surface area contributed by atoms with Crippen LogP contribution in [0, 0.1) is 12.7 Å². The first-order valence-corrected chi connectivity index (χ1v) is 10.7. The highest BCUT2D eigenvalue weighted by Gasteiger charge is 2.33. The Balaban J connectivity index is 1.65. The fraction of sp³-hybridized carbons (Fsp3) is 0.364. The van der Waals surface area contributed by atoms with Gasteiger partial charge in [-0.1, -0.05) is 12.1 Å². The first-order valence-electron chi connectivity index (χ1n) is 10.7. The monoisotopic (exact) mass is 470 g/mol. The minimum Gasteiger partial charge on any atom is -0.501 e. The number of halogens is 1. The van der Waals surface area contributed by atoms with Gasteiger partial charge in [-0.15, -0.1) is 10.2 Å². The highest BCUT2D eigenvalue weighted by atomic mass is 19.1. The van der Waals surface area contributed by atoms with Crippen molar-refractivity contribution < 1.29 is 23.5 Å². The molecule has 34 heavy (non-hydrogen) atoms. The molecule has 0 bridgehead atoms. The summed E-state index contributed by atoms with van der Waals surface area (Å²) < 4.78 is 19.6. The molecule has 11 nitrogen and oxygen atoms in total. The van der Waals surface area contributed by atoms with Crippen LogP contribution >= 0.6 is 0 Å². The predicted molar refractivity (Wildman–Crippen MR) is 115 cm³/mol. The molecule has 12 heteroatoms. The summed E-state index contributed by atoms with van der Waals surface area (Å²) in [5.74, 6) is -2.29. The Kier molecular flexibility index (Phi) is 6.39. The fourth-order valence-corrected chi connectivity index (χ4v) is 3.84. The van der Waals surface area contributed by atoms with Crippen LogP contribution < -0.4 is 10.9 Å². The second-order valence-corrected chi connectivity index (χ2v) is 7.99. The van der Waals surface area contributed by atoms with Gasteiger partial charge in [0.1, 0.15) is 11.6 Å². The van der Waals surface area contributed by atoms with Crippen LogP contribution in [0.4, 0.5) is 4.39 Å². The molecule has 2 aromatic heterocycles. The van der Waals surface area contributed by atoms with E-state index < -0.39 is 40.7 Å². The van der Waals surface area contributed by atoms with Gasteiger partial charge in [-0.2, -0.15) is 0 Å². The van der Waals surface area contributed by atoms with Gasteiger partial charge in [0.2, 0.25) is 11.6 Å². The molecule has 3 heterocycles. The number of fused-ring (bicyclic) bond motifs is 1. The SMILES string of the molecule is Cc1nnc(C(=O)N(C)C2CCCCn3c2nc(C(=O)NCc2ccc(F)cc2)c(O)c3=O)o1. The fourth-order valence-electron chi connectivity index (χ4n) is 3.84. The van der Waals surface area contributed by atoms with E-state index in [-0.39, 0.29) is 30.7 Å². The van der Waals surface area contributed by atoms with Gasteiger partial charge in [0.05, 0.1) is 6.04 Å². The lowest BCUT2D eigenvalue weighted by molar-refractivity contribution is 0.0671. The highest BCUT2D eigenvalue weighted by molar-refractivity contribution is 5.94. The van der Waals surface area contributed by atoms with Crippen LogP contribution in [0.15, 0.2) is 33.5 Å². The third-order valence-corrected chi connectivity index (χ3v) is 5.66. The molecule has 0 fully saturated rings. The Bertz CT molecular complexity index is 1290. The number of nitrogens with zero attached hydrogens (tertiary/aromatic N) is 5. The number of benzene rings is 1. The van der Waals surface area contributed by atoms with Gasteiger partial charge in [-0.3, -0.25) is 19.0 Å². The van der Waals surface area contributed by atoms with Crippen LogP contribution in [-0.4, -0.2) is 48.6 Å². The smallest absolute Gasteiger partial charge is 0.311 e. The number of amides is 2. The summed E-state index contributed by atoms with van der Waals surface area (Å²) in [7, 11) is 1.52. The number of hydrogen-bond donors (Lipinski definition) is 2. The van der Waals surface area contributed by atoms with Gasteiger partial charge in [0.15, 0.2) is 5.69 Å². The lowest BCUT2D eigenvalue weighted by Crippen LogP contribution is -2.37. The molecule has 1 aromatic carbocycles. The maximum Gasteiger partial charge on any atom is 0.311 e. The van der Waals surface area contributed by atoms with Crippen molar-refractivity contribution >= 4 is 11.8 Å². The molecule has 1 aliphatic heterocycles. The van der Waals surface area contributed by atoms with Gasteiger partial charge >= 0.3 is 11.8 Å². The van der Waals surface area contributed by atoms with E-state index in [1.165, 1.54) is 40.8 Å². The number of aryl methyl sites for hydroxylation is 1. The van der Waals surface area contributed by atoms with E-state index in [0.29, 0.717) is 24.8 Å². The molecule has 1 aliphatic rings. The van der Waals surface area contributed by atoms with E-state index >= 15 is 0 Å². The molecule has 0 spiro atoms. The summed E-state index contributed by atoms with van der Waals surface area (Å²) in [6.07, 6.45) is 1.78. The third-order valence-electron chi connectivity index (χ3n) is 5.66. The van der Waals surface area contributed by atoms with Crippen molar-refractivity contribution in [3.63, 3.8) is 0 Å². The van der Waals surface area contributed by atoms with Gasteiger partial charge in [0, 0.05) is 27.1 Å². The average Bonchev–Trinajstić information content (AvgIpc) is 3.15. The van der Waals surface area contributed by atoms with E-state index in [1.807, 2.05) is 0 Å². The number of carbonyl (C=O) groups excluding carboxylic acids is 2. The van der Waals surface area contributed by atoms with Crippen LogP contribution in [0.2, 0.25) is 0 Å². The van der Waals surface area contributed by atoms with E-state index in [0.717, 1.165) is 0 Å². The molecule has 3 aromatic rings. The van der Waals surface area contributed by atoms with E-state index in [1.54, 1.807) is 6.92 Å². The molecule has 4 rings (SSSR count). The molecule has 1 atom stereocenters. The van der Waals surface area contributed by atoms with E-state index in [9.17, 15) is 23.9 Å². The quantitative estimate of drug-likeness (QED) is 0.574. The minimum atomic E-state index is -0.775.